The molecule has 0 saturated carbocycles. The van der Waals surface area contributed by atoms with Crippen LogP contribution in [0.3, 0.4) is 0 Å². The SMILES string of the molecule is CC(C)(C)c1ccc(N2c3cc(-c4ccccc4F)cc4c3B(c3ccc(N(c5ccc6c(c5)C(C)(C)CCC6(C)C)c5ccccc5-c5ccccc5)cc3N4c3cccc4c3oc3ccccc34)c3sc4ccc(C(C)(C)C)cc4c32)cc1. The molecule has 1 aliphatic carbocycles. The van der Waals surface area contributed by atoms with Crippen molar-refractivity contribution in [2.75, 3.05) is 14.7 Å². The highest BCUT2D eigenvalue weighted by Crippen LogP contribution is 2.54. The molecule has 0 fully saturated rings. The summed E-state index contributed by atoms with van der Waals surface area (Å²) in [6.45, 7) is 23.2. The first kappa shape index (κ1) is 53.1. The smallest absolute Gasteiger partial charge is 0.264 e. The molecule has 4 heterocycles. The van der Waals surface area contributed by atoms with Gasteiger partial charge in [-0.15, -0.1) is 11.3 Å². The largest absolute Gasteiger partial charge is 0.454 e. The quantitative estimate of drug-likeness (QED) is 0.148. The second-order valence-electron chi connectivity index (χ2n) is 27.3. The number of furan rings is 1. The van der Waals surface area contributed by atoms with Gasteiger partial charge in [0.1, 0.15) is 11.4 Å². The summed E-state index contributed by atoms with van der Waals surface area (Å²) in [7, 11) is 0. The van der Waals surface area contributed by atoms with Crippen LogP contribution in [0.4, 0.5) is 55.6 Å². The predicted octanol–water partition coefficient (Wildman–Crippen LogP) is 20.8. The van der Waals surface area contributed by atoms with Crippen molar-refractivity contribution in [2.24, 2.45) is 0 Å². The third-order valence-electron chi connectivity index (χ3n) is 18.9. The molecule has 10 aromatic carbocycles. The summed E-state index contributed by atoms with van der Waals surface area (Å²) in [6.07, 6.45) is 2.24. The van der Waals surface area contributed by atoms with Crippen molar-refractivity contribution in [3.63, 3.8) is 0 Å². The molecule has 7 heteroatoms. The summed E-state index contributed by atoms with van der Waals surface area (Å²) in [4.78, 5) is 7.47. The molecule has 0 amide bonds. The third kappa shape index (κ3) is 8.50. The Morgan fingerprint density at radius 1 is 0.506 bits per heavy atom. The highest BCUT2D eigenvalue weighted by Gasteiger charge is 2.47. The van der Waals surface area contributed by atoms with Crippen molar-refractivity contribution in [3.8, 4) is 22.3 Å². The van der Waals surface area contributed by atoms with Crippen LogP contribution in [-0.4, -0.2) is 6.71 Å². The van der Waals surface area contributed by atoms with Crippen molar-refractivity contribution in [3.05, 3.63) is 240 Å². The zero-order valence-electron chi connectivity index (χ0n) is 50.2. The molecule has 0 spiro atoms. The van der Waals surface area contributed by atoms with Crippen LogP contribution in [-0.2, 0) is 21.7 Å². The van der Waals surface area contributed by atoms with Crippen molar-refractivity contribution in [1.29, 1.82) is 0 Å². The summed E-state index contributed by atoms with van der Waals surface area (Å²) >= 11 is 1.90. The average molecular weight is 1130 g/mol. The monoisotopic (exact) mass is 1130 g/mol. The van der Waals surface area contributed by atoms with Crippen molar-refractivity contribution >= 4 is 117 Å². The van der Waals surface area contributed by atoms with E-state index in [9.17, 15) is 0 Å². The van der Waals surface area contributed by atoms with Crippen LogP contribution in [0.5, 0.6) is 0 Å². The lowest BCUT2D eigenvalue weighted by Crippen LogP contribution is -2.60. The zero-order chi connectivity index (χ0) is 58.5. The van der Waals surface area contributed by atoms with Crippen LogP contribution >= 0.6 is 11.3 Å². The third-order valence-corrected chi connectivity index (χ3v) is 20.1. The van der Waals surface area contributed by atoms with Crippen LogP contribution in [0.15, 0.2) is 217 Å². The summed E-state index contributed by atoms with van der Waals surface area (Å²) in [6, 6.07) is 77.2. The average Bonchev–Trinajstić information content (AvgIpc) is 1.85. The van der Waals surface area contributed by atoms with Crippen LogP contribution in [0.1, 0.15) is 104 Å². The first-order chi connectivity index (χ1) is 40.8. The maximum Gasteiger partial charge on any atom is 0.264 e. The number of para-hydroxylation sites is 3. The van der Waals surface area contributed by atoms with Gasteiger partial charge in [-0.2, -0.15) is 0 Å². The molecule has 2 aromatic heterocycles. The van der Waals surface area contributed by atoms with E-state index in [0.29, 0.717) is 5.56 Å². The molecule has 0 N–H and O–H groups in total. The molecule has 3 aliphatic rings. The Morgan fingerprint density at radius 2 is 1.14 bits per heavy atom. The van der Waals surface area contributed by atoms with E-state index < -0.39 is 0 Å². The van der Waals surface area contributed by atoms with Gasteiger partial charge in [0.05, 0.1) is 17.1 Å². The molecule has 4 nitrogen and oxygen atoms in total. The molecular formula is C78H69BFN3OS. The van der Waals surface area contributed by atoms with E-state index in [4.69, 9.17) is 4.42 Å². The van der Waals surface area contributed by atoms with Gasteiger partial charge >= 0.3 is 0 Å². The number of rotatable bonds is 7. The van der Waals surface area contributed by atoms with E-state index in [2.05, 4.69) is 266 Å². The Morgan fingerprint density at radius 3 is 1.89 bits per heavy atom. The van der Waals surface area contributed by atoms with Crippen molar-refractivity contribution in [1.82, 2.24) is 0 Å². The van der Waals surface area contributed by atoms with Crippen molar-refractivity contribution < 1.29 is 8.81 Å². The Balaban J connectivity index is 1.07. The lowest BCUT2D eigenvalue weighted by Gasteiger charge is -2.44. The number of benzene rings is 10. The minimum atomic E-state index is -0.270. The van der Waals surface area contributed by atoms with E-state index in [0.717, 1.165) is 102 Å². The minimum Gasteiger partial charge on any atom is -0.454 e. The van der Waals surface area contributed by atoms with Gasteiger partial charge in [0.2, 0.25) is 0 Å². The molecule has 2 aliphatic heterocycles. The summed E-state index contributed by atoms with van der Waals surface area (Å²) < 4.78 is 26.5. The summed E-state index contributed by atoms with van der Waals surface area (Å²) in [5.41, 5.74) is 22.2. The highest BCUT2D eigenvalue weighted by molar-refractivity contribution is 7.33. The number of thiophene rings is 1. The van der Waals surface area contributed by atoms with Gasteiger partial charge in [0.25, 0.3) is 6.71 Å². The minimum absolute atomic E-state index is 0.0279. The number of fused-ring (bicyclic) bond motifs is 10. The molecule has 12 aromatic rings. The maximum atomic E-state index is 16.9. The number of halogens is 1. The molecule has 15 rings (SSSR count). The van der Waals surface area contributed by atoms with Crippen LogP contribution in [0.25, 0.3) is 54.3 Å². The highest BCUT2D eigenvalue weighted by atomic mass is 32.1. The van der Waals surface area contributed by atoms with Gasteiger partial charge in [-0.1, -0.05) is 197 Å². The lowest BCUT2D eigenvalue weighted by molar-refractivity contribution is 0.332. The number of anilines is 9. The van der Waals surface area contributed by atoms with Crippen LogP contribution < -0.4 is 30.4 Å². The lowest BCUT2D eigenvalue weighted by atomic mass is 9.36. The van der Waals surface area contributed by atoms with Gasteiger partial charge in [-0.3, -0.25) is 0 Å². The summed E-state index contributed by atoms with van der Waals surface area (Å²) in [5.74, 6) is -0.270. The molecule has 0 saturated heterocycles. The molecule has 0 atom stereocenters. The van der Waals surface area contributed by atoms with Gasteiger partial charge in [-0.05, 0) is 164 Å². The Bertz CT molecular complexity index is 4670. The molecule has 418 valence electrons. The molecule has 0 unspecified atom stereocenters. The fourth-order valence-electron chi connectivity index (χ4n) is 14.1. The van der Waals surface area contributed by atoms with Gasteiger partial charge in [-0.25, -0.2) is 4.39 Å². The second-order valence-corrected chi connectivity index (χ2v) is 28.4. The van der Waals surface area contributed by atoms with E-state index in [1.807, 2.05) is 29.5 Å². The predicted molar refractivity (Wildman–Crippen MR) is 361 cm³/mol. The van der Waals surface area contributed by atoms with E-state index in [-0.39, 0.29) is 34.2 Å². The standard InChI is InChI=1S/C78H69BFN3OS/c1-75(2,3)50-31-34-52(35-32-50)82-67-43-49(55-23-14-17-27-63(55)80)44-68-71(67)79(74-72(82)59-45-51(76(4,5)6)33-40-70(59)85-74)62-39-37-54(47-66(62)83(68)65-29-20-26-58-57-25-16-19-30-69(57)84-73(58)65)81(64-28-18-15-24-56(64)48-21-12-11-13-22-48)53-36-38-60-61(46-53)78(9,10)42-41-77(60,7)8/h11-40,43-47H,41-42H2,1-10H3. The Kier molecular flexibility index (Phi) is 12.0. The van der Waals surface area contributed by atoms with Crippen LogP contribution in [0, 0.1) is 5.82 Å². The maximum absolute atomic E-state index is 16.9. The molecule has 0 radical (unpaired) electrons. The molecular weight excluding hydrogens is 1060 g/mol. The first-order valence-electron chi connectivity index (χ1n) is 30.2. The fraction of sp³-hybridized carbons (Fsp3) is 0.205. The fourth-order valence-corrected chi connectivity index (χ4v) is 15.4. The number of hydrogen-bond donors (Lipinski definition) is 0. The molecule has 85 heavy (non-hydrogen) atoms. The normalized spacial score (nSPS) is 15.0. The summed E-state index contributed by atoms with van der Waals surface area (Å²) in [5, 5.41) is 3.31. The van der Waals surface area contributed by atoms with Gasteiger partial charge in [0, 0.05) is 70.9 Å². The van der Waals surface area contributed by atoms with Crippen LogP contribution in [0.2, 0.25) is 0 Å². The van der Waals surface area contributed by atoms with E-state index in [1.54, 1.807) is 12.1 Å². The number of hydrogen-bond acceptors (Lipinski definition) is 5. The van der Waals surface area contributed by atoms with Gasteiger partial charge in [0.15, 0.2) is 5.58 Å². The number of nitrogens with zero attached hydrogens (tertiary/aromatic N) is 3. The molecule has 0 bridgehead atoms. The first-order valence-corrected chi connectivity index (χ1v) is 31.0. The van der Waals surface area contributed by atoms with Gasteiger partial charge < -0.3 is 19.1 Å². The Hall–Kier alpha value is -8.65. The second kappa shape index (κ2) is 19.2. The Labute approximate surface area is 503 Å². The zero-order valence-corrected chi connectivity index (χ0v) is 51.1. The topological polar surface area (TPSA) is 22.9 Å². The van der Waals surface area contributed by atoms with E-state index in [1.165, 1.54) is 48.3 Å². The van der Waals surface area contributed by atoms with E-state index >= 15 is 4.39 Å². The van der Waals surface area contributed by atoms with Crippen molar-refractivity contribution in [2.45, 2.75) is 104 Å².